The molecular weight excluding hydrogens is 373 g/mol. The lowest BCUT2D eigenvalue weighted by Crippen LogP contribution is -2.40. The Labute approximate surface area is 162 Å². The molecule has 0 saturated heterocycles. The van der Waals surface area contributed by atoms with Crippen LogP contribution in [-0.4, -0.2) is 26.6 Å². The van der Waals surface area contributed by atoms with E-state index in [4.69, 9.17) is 23.2 Å². The number of rotatable bonds is 3. The van der Waals surface area contributed by atoms with E-state index in [1.165, 1.54) is 6.20 Å². The molecule has 2 aromatic rings. The maximum Gasteiger partial charge on any atom is 0.228 e. The topological polar surface area (TPSA) is 75.1 Å². The summed E-state index contributed by atoms with van der Waals surface area (Å²) in [5.74, 6) is -0.456. The van der Waals surface area contributed by atoms with Crippen LogP contribution in [0.2, 0.25) is 10.2 Å². The van der Waals surface area contributed by atoms with Crippen molar-refractivity contribution >= 4 is 34.8 Å². The first kappa shape index (κ1) is 19.1. The van der Waals surface area contributed by atoms with Crippen LogP contribution in [0.1, 0.15) is 43.4 Å². The number of hydrogen-bond acceptors (Lipinski definition) is 4. The van der Waals surface area contributed by atoms with Gasteiger partial charge in [0.25, 0.3) is 0 Å². The van der Waals surface area contributed by atoms with Gasteiger partial charge < -0.3 is 10.4 Å². The first-order chi connectivity index (χ1) is 12.2. The van der Waals surface area contributed by atoms with E-state index < -0.39 is 5.60 Å². The fraction of sp³-hybridized carbons (Fsp3) is 0.421. The molecule has 7 heteroatoms. The van der Waals surface area contributed by atoms with E-state index in [9.17, 15) is 9.90 Å². The molecule has 1 aliphatic rings. The molecule has 138 valence electrons. The third-order valence-corrected chi connectivity index (χ3v) is 5.57. The summed E-state index contributed by atoms with van der Waals surface area (Å²) >= 11 is 11.8. The van der Waals surface area contributed by atoms with Gasteiger partial charge in [-0.15, -0.1) is 0 Å². The number of aromatic nitrogens is 2. The lowest BCUT2D eigenvalue weighted by atomic mass is 9.69. The Bertz CT molecular complexity index is 826. The van der Waals surface area contributed by atoms with E-state index in [1.54, 1.807) is 12.3 Å². The average molecular weight is 394 g/mol. The lowest BCUT2D eigenvalue weighted by molar-refractivity contribution is -0.123. The van der Waals surface area contributed by atoms with Crippen molar-refractivity contribution in [3.8, 4) is 0 Å². The number of pyridine rings is 2. The summed E-state index contributed by atoms with van der Waals surface area (Å²) in [6.45, 7) is 3.74. The Balaban J connectivity index is 1.85. The minimum atomic E-state index is -0.788. The summed E-state index contributed by atoms with van der Waals surface area (Å²) in [5.41, 5.74) is 1.63. The highest BCUT2D eigenvalue weighted by atomic mass is 35.5. The Morgan fingerprint density at radius 2 is 2.12 bits per heavy atom. The van der Waals surface area contributed by atoms with Crippen molar-refractivity contribution in [2.75, 3.05) is 5.32 Å². The number of nitrogens with zero attached hydrogens (tertiary/aromatic N) is 2. The summed E-state index contributed by atoms with van der Waals surface area (Å²) < 4.78 is 0. The van der Waals surface area contributed by atoms with Crippen molar-refractivity contribution in [3.63, 3.8) is 0 Å². The quantitative estimate of drug-likeness (QED) is 0.759. The van der Waals surface area contributed by atoms with Crippen molar-refractivity contribution < 1.29 is 9.90 Å². The van der Waals surface area contributed by atoms with Crippen molar-refractivity contribution in [2.24, 2.45) is 5.92 Å². The SMILES string of the molecule is Cc1cc([C@@H]2C[C@@](C)(O)CC[C@@H]2C(=O)Nc2cnc(Cl)c(Cl)c2)ccn1. The van der Waals surface area contributed by atoms with Crippen LogP contribution in [-0.2, 0) is 4.79 Å². The second-order valence-electron chi connectivity index (χ2n) is 7.17. The molecule has 0 aromatic carbocycles. The summed E-state index contributed by atoms with van der Waals surface area (Å²) in [4.78, 5) is 21.1. The second-order valence-corrected chi connectivity index (χ2v) is 7.93. The summed E-state index contributed by atoms with van der Waals surface area (Å²) in [7, 11) is 0. The van der Waals surface area contributed by atoms with Gasteiger partial charge in [0.15, 0.2) is 0 Å². The van der Waals surface area contributed by atoms with Crippen LogP contribution >= 0.6 is 23.2 Å². The van der Waals surface area contributed by atoms with Gasteiger partial charge in [-0.05, 0) is 62.8 Å². The number of aryl methyl sites for hydroxylation is 1. The molecule has 3 atom stereocenters. The first-order valence-corrected chi connectivity index (χ1v) is 9.27. The van der Waals surface area contributed by atoms with Crippen molar-refractivity contribution in [2.45, 2.75) is 44.6 Å². The smallest absolute Gasteiger partial charge is 0.228 e. The number of halogens is 2. The molecule has 1 amide bonds. The minimum absolute atomic E-state index is 0.0869. The predicted molar refractivity (Wildman–Crippen MR) is 103 cm³/mol. The molecule has 3 rings (SSSR count). The third kappa shape index (κ3) is 4.34. The van der Waals surface area contributed by atoms with E-state index >= 15 is 0 Å². The van der Waals surface area contributed by atoms with Crippen LogP contribution in [0, 0.1) is 12.8 Å². The van der Waals surface area contributed by atoms with E-state index in [-0.39, 0.29) is 27.9 Å². The highest BCUT2D eigenvalue weighted by Crippen LogP contribution is 2.43. The van der Waals surface area contributed by atoms with Crippen LogP contribution in [0.5, 0.6) is 0 Å². The molecule has 1 saturated carbocycles. The van der Waals surface area contributed by atoms with E-state index in [1.807, 2.05) is 26.0 Å². The molecule has 1 fully saturated rings. The Morgan fingerprint density at radius 3 is 2.81 bits per heavy atom. The molecule has 2 aromatic heterocycles. The van der Waals surface area contributed by atoms with Gasteiger partial charge in [0.1, 0.15) is 5.15 Å². The highest BCUT2D eigenvalue weighted by molar-refractivity contribution is 6.41. The number of nitrogens with one attached hydrogen (secondary N) is 1. The normalized spacial score (nSPS) is 25.7. The Hall–Kier alpha value is -1.69. The molecule has 0 radical (unpaired) electrons. The Kier molecular flexibility index (Phi) is 5.51. The van der Waals surface area contributed by atoms with Gasteiger partial charge in [0.05, 0.1) is 22.5 Å². The zero-order valence-corrected chi connectivity index (χ0v) is 16.2. The van der Waals surface area contributed by atoms with Crippen molar-refractivity contribution in [1.29, 1.82) is 0 Å². The number of aliphatic hydroxyl groups is 1. The van der Waals surface area contributed by atoms with Crippen molar-refractivity contribution in [3.05, 3.63) is 52.0 Å². The monoisotopic (exact) mass is 393 g/mol. The largest absolute Gasteiger partial charge is 0.390 e. The fourth-order valence-electron chi connectivity index (χ4n) is 3.57. The summed E-state index contributed by atoms with van der Waals surface area (Å²) in [5, 5.41) is 13.9. The van der Waals surface area contributed by atoms with Crippen LogP contribution in [0.3, 0.4) is 0 Å². The van der Waals surface area contributed by atoms with E-state index in [0.29, 0.717) is 24.9 Å². The standard InChI is InChI=1S/C19H21Cl2N3O2/c1-11-7-12(4-6-22-11)15-9-19(2,26)5-3-14(15)18(25)24-13-8-16(20)17(21)23-10-13/h4,6-8,10,14-15,26H,3,5,9H2,1-2H3,(H,24,25)/t14-,15-,19-/m0/s1. The molecule has 1 aliphatic carbocycles. The Morgan fingerprint density at radius 1 is 1.35 bits per heavy atom. The molecule has 2 N–H and O–H groups in total. The predicted octanol–water partition coefficient (Wildman–Crippen LogP) is 4.37. The average Bonchev–Trinajstić information content (AvgIpc) is 2.57. The maximum atomic E-state index is 12.9. The molecule has 2 heterocycles. The number of anilines is 1. The van der Waals surface area contributed by atoms with Crippen molar-refractivity contribution in [1.82, 2.24) is 9.97 Å². The van der Waals surface area contributed by atoms with Gasteiger partial charge in [-0.2, -0.15) is 0 Å². The number of hydrogen-bond donors (Lipinski definition) is 2. The van der Waals surface area contributed by atoms with E-state index in [2.05, 4.69) is 15.3 Å². The zero-order valence-electron chi connectivity index (χ0n) is 14.7. The van der Waals surface area contributed by atoms with Gasteiger partial charge in [0.2, 0.25) is 5.91 Å². The third-order valence-electron chi connectivity index (χ3n) is 4.89. The number of carbonyl (C=O) groups excluding carboxylic acids is 1. The van der Waals surface area contributed by atoms with Gasteiger partial charge in [-0.25, -0.2) is 4.98 Å². The summed E-state index contributed by atoms with van der Waals surface area (Å²) in [6.07, 6.45) is 4.92. The van der Waals surface area contributed by atoms with Crippen LogP contribution in [0.4, 0.5) is 5.69 Å². The lowest BCUT2D eigenvalue weighted by Gasteiger charge is -2.39. The van der Waals surface area contributed by atoms with E-state index in [0.717, 1.165) is 11.3 Å². The summed E-state index contributed by atoms with van der Waals surface area (Å²) in [6, 6.07) is 5.48. The van der Waals surface area contributed by atoms with Gasteiger partial charge in [-0.3, -0.25) is 9.78 Å². The zero-order chi connectivity index (χ0) is 18.9. The molecule has 0 aliphatic heterocycles. The number of carbonyl (C=O) groups is 1. The highest BCUT2D eigenvalue weighted by Gasteiger charge is 2.40. The molecule has 0 unspecified atom stereocenters. The molecule has 0 bridgehead atoms. The van der Waals surface area contributed by atoms with Crippen LogP contribution in [0.25, 0.3) is 0 Å². The fourth-order valence-corrected chi connectivity index (χ4v) is 3.84. The molecule has 5 nitrogen and oxygen atoms in total. The second kappa shape index (κ2) is 7.51. The molecule has 26 heavy (non-hydrogen) atoms. The van der Waals surface area contributed by atoms with Crippen LogP contribution in [0.15, 0.2) is 30.6 Å². The van der Waals surface area contributed by atoms with Gasteiger partial charge in [-0.1, -0.05) is 23.2 Å². The maximum absolute atomic E-state index is 12.9. The van der Waals surface area contributed by atoms with Gasteiger partial charge in [0, 0.05) is 17.8 Å². The first-order valence-electron chi connectivity index (χ1n) is 8.52. The minimum Gasteiger partial charge on any atom is -0.390 e. The van der Waals surface area contributed by atoms with Crippen LogP contribution < -0.4 is 5.32 Å². The van der Waals surface area contributed by atoms with Gasteiger partial charge >= 0.3 is 0 Å². The molecule has 0 spiro atoms. The molecular formula is C19H21Cl2N3O2. The number of amides is 1.